The molecule has 82 valence electrons. The Balaban J connectivity index is 3.32. The predicted molar refractivity (Wildman–Crippen MR) is 56.1 cm³/mol. The van der Waals surface area contributed by atoms with Crippen molar-refractivity contribution in [1.82, 2.24) is 4.98 Å². The summed E-state index contributed by atoms with van der Waals surface area (Å²) in [7, 11) is 1.13. The topological polar surface area (TPSA) is 59.2 Å². The molecule has 1 aromatic rings. The second-order valence-electron chi connectivity index (χ2n) is 2.57. The minimum atomic E-state index is -2.87. The lowest BCUT2D eigenvalue weighted by Gasteiger charge is -2.04. The van der Waals surface area contributed by atoms with E-state index in [0.29, 0.717) is 0 Å². The van der Waals surface area contributed by atoms with E-state index in [2.05, 4.69) is 9.72 Å². The van der Waals surface area contributed by atoms with Crippen LogP contribution in [0.2, 0.25) is 0 Å². The molecule has 0 aliphatic rings. The number of methoxy groups -OCH3 is 1. The van der Waals surface area contributed by atoms with Crippen LogP contribution in [0.15, 0.2) is 10.9 Å². The summed E-state index contributed by atoms with van der Waals surface area (Å²) in [5.74, 6) is -0.772. The van der Waals surface area contributed by atoms with E-state index >= 15 is 0 Å². The predicted octanol–water partition coefficient (Wildman–Crippen LogP) is 1.70. The van der Waals surface area contributed by atoms with Gasteiger partial charge in [0.15, 0.2) is 5.43 Å². The van der Waals surface area contributed by atoms with Gasteiger partial charge in [0.05, 0.1) is 16.4 Å². The summed E-state index contributed by atoms with van der Waals surface area (Å²) in [4.78, 5) is 24.6. The number of H-pyrrole nitrogens is 1. The van der Waals surface area contributed by atoms with Crippen molar-refractivity contribution >= 4 is 28.6 Å². The molecule has 0 aliphatic heterocycles. The number of hydrogen-bond donors (Lipinski definition) is 1. The Bertz CT molecular complexity index is 444. The molecule has 0 aliphatic carbocycles. The number of carbonyl (C=O) groups is 1. The lowest BCUT2D eigenvalue weighted by molar-refractivity contribution is 0.0593. The van der Waals surface area contributed by atoms with E-state index in [0.717, 1.165) is 13.2 Å². The molecule has 7 heteroatoms. The van der Waals surface area contributed by atoms with Crippen LogP contribution in [-0.4, -0.2) is 18.1 Å². The van der Waals surface area contributed by atoms with Gasteiger partial charge in [-0.1, -0.05) is 0 Å². The van der Waals surface area contributed by atoms with Crippen molar-refractivity contribution < 1.29 is 18.3 Å². The van der Waals surface area contributed by atoms with Gasteiger partial charge in [-0.3, -0.25) is 4.79 Å². The molecule has 0 atom stereocenters. The normalized spacial score (nSPS) is 10.5. The van der Waals surface area contributed by atoms with E-state index in [1.807, 2.05) is 0 Å². The van der Waals surface area contributed by atoms with E-state index in [4.69, 9.17) is 0 Å². The molecule has 0 spiro atoms. The standard InChI is InChI=1S/C8H6F2INO3/c1-15-8(14)3-2-4(13)5(6(9)10)7(11)12-3/h2,6H,1H3,(H,12,13). The maximum Gasteiger partial charge on any atom is 0.354 e. The van der Waals surface area contributed by atoms with Crippen molar-refractivity contribution in [3.05, 3.63) is 31.2 Å². The van der Waals surface area contributed by atoms with Crippen LogP contribution in [0.3, 0.4) is 0 Å². The first-order chi connectivity index (χ1) is 6.97. The first kappa shape index (κ1) is 12.1. The number of nitrogens with one attached hydrogen (secondary N) is 1. The third-order valence-electron chi connectivity index (χ3n) is 1.65. The number of alkyl halides is 2. The lowest BCUT2D eigenvalue weighted by atomic mass is 10.2. The minimum absolute atomic E-state index is 0.0597. The largest absolute Gasteiger partial charge is 0.464 e. The molecular weight excluding hydrogens is 323 g/mol. The number of esters is 1. The highest BCUT2D eigenvalue weighted by molar-refractivity contribution is 14.1. The molecule has 0 fully saturated rings. The lowest BCUT2D eigenvalue weighted by Crippen LogP contribution is -2.17. The second kappa shape index (κ2) is 4.69. The van der Waals surface area contributed by atoms with Crippen LogP contribution in [-0.2, 0) is 4.74 Å². The van der Waals surface area contributed by atoms with E-state index in [9.17, 15) is 18.4 Å². The van der Waals surface area contributed by atoms with Crippen LogP contribution in [0.5, 0.6) is 0 Å². The third kappa shape index (κ3) is 2.52. The fraction of sp³-hybridized carbons (Fsp3) is 0.250. The van der Waals surface area contributed by atoms with Gasteiger partial charge >= 0.3 is 5.97 Å². The molecular formula is C8H6F2INO3. The smallest absolute Gasteiger partial charge is 0.354 e. The average molecular weight is 329 g/mol. The fourth-order valence-corrected chi connectivity index (χ4v) is 1.75. The highest BCUT2D eigenvalue weighted by atomic mass is 127. The Hall–Kier alpha value is -0.990. The zero-order valence-corrected chi connectivity index (χ0v) is 9.67. The van der Waals surface area contributed by atoms with Gasteiger partial charge in [-0.15, -0.1) is 0 Å². The fourth-order valence-electron chi connectivity index (χ4n) is 0.962. The molecule has 0 amide bonds. The monoisotopic (exact) mass is 329 g/mol. The van der Waals surface area contributed by atoms with Crippen molar-refractivity contribution in [3.8, 4) is 0 Å². The van der Waals surface area contributed by atoms with Crippen LogP contribution < -0.4 is 5.43 Å². The maximum atomic E-state index is 12.4. The van der Waals surface area contributed by atoms with Crippen LogP contribution in [0.25, 0.3) is 0 Å². The highest BCUT2D eigenvalue weighted by Gasteiger charge is 2.19. The molecule has 0 radical (unpaired) electrons. The van der Waals surface area contributed by atoms with E-state index in [-0.39, 0.29) is 9.39 Å². The van der Waals surface area contributed by atoms with Crippen molar-refractivity contribution in [1.29, 1.82) is 0 Å². The van der Waals surface area contributed by atoms with E-state index in [1.54, 1.807) is 0 Å². The second-order valence-corrected chi connectivity index (χ2v) is 3.65. The van der Waals surface area contributed by atoms with Gasteiger partial charge in [0.2, 0.25) is 0 Å². The summed E-state index contributed by atoms with van der Waals surface area (Å²) in [6, 6.07) is 0.801. The van der Waals surface area contributed by atoms with Crippen LogP contribution in [0.1, 0.15) is 22.5 Å². The van der Waals surface area contributed by atoms with E-state index in [1.165, 1.54) is 22.6 Å². The minimum Gasteiger partial charge on any atom is -0.464 e. The zero-order chi connectivity index (χ0) is 11.6. The number of aromatic nitrogens is 1. The molecule has 0 bridgehead atoms. The Morgan fingerprint density at radius 2 is 2.20 bits per heavy atom. The van der Waals surface area contributed by atoms with Gasteiger partial charge in [-0.25, -0.2) is 13.6 Å². The van der Waals surface area contributed by atoms with Crippen LogP contribution in [0, 0.1) is 3.70 Å². The summed E-state index contributed by atoms with van der Waals surface area (Å²) in [5, 5.41) is 0. The first-order valence-electron chi connectivity index (χ1n) is 3.76. The number of carbonyl (C=O) groups excluding carboxylic acids is 1. The number of hydrogen-bond acceptors (Lipinski definition) is 3. The van der Waals surface area contributed by atoms with Crippen LogP contribution in [0.4, 0.5) is 8.78 Å². The molecule has 4 nitrogen and oxygen atoms in total. The number of ether oxygens (including phenoxy) is 1. The first-order valence-corrected chi connectivity index (χ1v) is 4.84. The van der Waals surface area contributed by atoms with E-state index < -0.39 is 23.4 Å². The molecule has 1 N–H and O–H groups in total. The van der Waals surface area contributed by atoms with Gasteiger partial charge in [-0.2, -0.15) is 0 Å². The summed E-state index contributed by atoms with van der Waals surface area (Å²) >= 11 is 1.53. The molecule has 15 heavy (non-hydrogen) atoms. The zero-order valence-electron chi connectivity index (χ0n) is 7.51. The molecule has 0 unspecified atom stereocenters. The third-order valence-corrected chi connectivity index (χ3v) is 2.50. The van der Waals surface area contributed by atoms with Crippen LogP contribution >= 0.6 is 22.6 Å². The number of halogens is 3. The Morgan fingerprint density at radius 1 is 1.60 bits per heavy atom. The molecule has 1 heterocycles. The van der Waals surface area contributed by atoms with Gasteiger partial charge in [0, 0.05) is 6.07 Å². The summed E-state index contributed by atoms with van der Waals surface area (Å²) in [5.41, 5.74) is -1.66. The Kier molecular flexibility index (Phi) is 3.77. The highest BCUT2D eigenvalue weighted by Crippen LogP contribution is 2.19. The quantitative estimate of drug-likeness (QED) is 0.510. The van der Waals surface area contributed by atoms with Gasteiger partial charge in [-0.05, 0) is 22.6 Å². The van der Waals surface area contributed by atoms with Gasteiger partial charge in [0.25, 0.3) is 6.43 Å². The maximum absolute atomic E-state index is 12.4. The van der Waals surface area contributed by atoms with Gasteiger partial charge in [0.1, 0.15) is 5.69 Å². The molecule has 0 saturated carbocycles. The van der Waals surface area contributed by atoms with Crippen molar-refractivity contribution in [2.75, 3.05) is 7.11 Å². The Labute approximate surface area is 96.8 Å². The van der Waals surface area contributed by atoms with Crippen molar-refractivity contribution in [2.24, 2.45) is 0 Å². The summed E-state index contributed by atoms with van der Waals surface area (Å²) < 4.78 is 29.0. The molecule has 1 rings (SSSR count). The average Bonchev–Trinajstić information content (AvgIpc) is 2.14. The molecule has 0 aromatic carbocycles. The van der Waals surface area contributed by atoms with Crippen molar-refractivity contribution in [3.63, 3.8) is 0 Å². The molecule has 0 saturated heterocycles. The number of rotatable bonds is 2. The van der Waals surface area contributed by atoms with Gasteiger partial charge < -0.3 is 9.72 Å². The summed E-state index contributed by atoms with van der Waals surface area (Å²) in [6.07, 6.45) is -2.87. The SMILES string of the molecule is COC(=O)c1cc(=O)c(C(F)F)c(I)[nH]1. The number of pyridine rings is 1. The number of aromatic amines is 1. The summed E-state index contributed by atoms with van der Waals surface area (Å²) in [6.45, 7) is 0. The Morgan fingerprint density at radius 3 is 2.60 bits per heavy atom. The molecule has 1 aromatic heterocycles. The van der Waals surface area contributed by atoms with Crippen molar-refractivity contribution in [2.45, 2.75) is 6.43 Å².